The molecule has 0 spiro atoms. The number of hydrogen-bond acceptors (Lipinski definition) is 3. The lowest BCUT2D eigenvalue weighted by Gasteiger charge is -2.32. The Morgan fingerprint density at radius 3 is 2.80 bits per heavy atom. The summed E-state index contributed by atoms with van der Waals surface area (Å²) < 4.78 is 25.6. The molecule has 0 radical (unpaired) electrons. The fraction of sp³-hybridized carbons (Fsp3) is 0.462. The molecule has 1 amide bonds. The van der Waals surface area contributed by atoms with Crippen molar-refractivity contribution in [3.8, 4) is 0 Å². The molecule has 20 heavy (non-hydrogen) atoms. The fourth-order valence-electron chi connectivity index (χ4n) is 2.36. The lowest BCUT2D eigenvalue weighted by Crippen LogP contribution is -2.49. The maximum atomic E-state index is 12.3. The first-order chi connectivity index (χ1) is 9.38. The minimum atomic E-state index is -3.36. The second-order valence-corrected chi connectivity index (χ2v) is 7.74. The van der Waals surface area contributed by atoms with Crippen molar-refractivity contribution >= 4 is 37.5 Å². The predicted molar refractivity (Wildman–Crippen MR) is 82.0 cm³/mol. The van der Waals surface area contributed by atoms with Crippen molar-refractivity contribution in [2.24, 2.45) is 0 Å². The van der Waals surface area contributed by atoms with Gasteiger partial charge in [0.25, 0.3) is 0 Å². The van der Waals surface area contributed by atoms with Crippen LogP contribution in [0.3, 0.4) is 0 Å². The molecule has 0 aliphatic carbocycles. The number of amides is 1. The molecule has 1 saturated heterocycles. The third kappa shape index (κ3) is 3.80. The highest BCUT2D eigenvalue weighted by Gasteiger charge is 2.34. The Morgan fingerprint density at radius 2 is 2.15 bits per heavy atom. The zero-order valence-electron chi connectivity index (χ0n) is 11.2. The average Bonchev–Trinajstić information content (AvgIpc) is 2.37. The minimum absolute atomic E-state index is 0.270. The molecule has 1 aromatic carbocycles. The molecular formula is C13H17BrN2O3S. The maximum Gasteiger partial charge on any atom is 0.242 e. The van der Waals surface area contributed by atoms with Crippen LogP contribution in [0.1, 0.15) is 19.3 Å². The zero-order chi connectivity index (χ0) is 14.8. The van der Waals surface area contributed by atoms with Gasteiger partial charge in [-0.3, -0.25) is 4.79 Å². The number of carbonyl (C=O) groups excluding carboxylic acids is 1. The van der Waals surface area contributed by atoms with Gasteiger partial charge in [0.05, 0.1) is 6.26 Å². The molecule has 1 aliphatic rings. The van der Waals surface area contributed by atoms with Gasteiger partial charge >= 0.3 is 0 Å². The summed E-state index contributed by atoms with van der Waals surface area (Å²) in [5.41, 5.74) is 0.656. The van der Waals surface area contributed by atoms with Crippen molar-refractivity contribution in [1.82, 2.24) is 4.31 Å². The zero-order valence-corrected chi connectivity index (χ0v) is 13.6. The summed E-state index contributed by atoms with van der Waals surface area (Å²) in [5.74, 6) is -0.270. The molecule has 7 heteroatoms. The average molecular weight is 361 g/mol. The van der Waals surface area contributed by atoms with Crippen LogP contribution in [0, 0.1) is 0 Å². The Labute approximate surface area is 127 Å². The van der Waals surface area contributed by atoms with E-state index in [0.717, 1.165) is 23.6 Å². The number of nitrogens with one attached hydrogen (secondary N) is 1. The normalized spacial score (nSPS) is 20.6. The molecule has 0 saturated carbocycles. The van der Waals surface area contributed by atoms with Gasteiger partial charge in [-0.25, -0.2) is 8.42 Å². The smallest absolute Gasteiger partial charge is 0.242 e. The minimum Gasteiger partial charge on any atom is -0.325 e. The van der Waals surface area contributed by atoms with Crippen LogP contribution in [0.2, 0.25) is 0 Å². The van der Waals surface area contributed by atoms with E-state index in [1.165, 1.54) is 4.31 Å². The summed E-state index contributed by atoms with van der Waals surface area (Å²) in [6.07, 6.45) is 3.38. The van der Waals surface area contributed by atoms with E-state index < -0.39 is 16.1 Å². The van der Waals surface area contributed by atoms with E-state index in [9.17, 15) is 13.2 Å². The van der Waals surface area contributed by atoms with Crippen molar-refractivity contribution in [3.05, 3.63) is 28.7 Å². The molecule has 110 valence electrons. The van der Waals surface area contributed by atoms with Gasteiger partial charge in [0.2, 0.25) is 15.9 Å². The van der Waals surface area contributed by atoms with Crippen molar-refractivity contribution in [1.29, 1.82) is 0 Å². The second-order valence-electron chi connectivity index (χ2n) is 4.88. The van der Waals surface area contributed by atoms with Crippen LogP contribution >= 0.6 is 15.9 Å². The molecule has 1 atom stereocenters. The first kappa shape index (κ1) is 15.5. The molecule has 1 aliphatic heterocycles. The topological polar surface area (TPSA) is 66.5 Å². The number of sulfonamides is 1. The first-order valence-electron chi connectivity index (χ1n) is 6.41. The highest BCUT2D eigenvalue weighted by atomic mass is 79.9. The number of hydrogen-bond donors (Lipinski definition) is 1. The van der Waals surface area contributed by atoms with Gasteiger partial charge in [0, 0.05) is 16.7 Å². The van der Waals surface area contributed by atoms with E-state index in [2.05, 4.69) is 21.2 Å². The Hall–Kier alpha value is -0.920. The van der Waals surface area contributed by atoms with Gasteiger partial charge in [0.1, 0.15) is 6.04 Å². The van der Waals surface area contributed by atoms with Crippen molar-refractivity contribution < 1.29 is 13.2 Å². The third-order valence-corrected chi connectivity index (χ3v) is 5.06. The summed E-state index contributed by atoms with van der Waals surface area (Å²) in [6.45, 7) is 0.412. The van der Waals surface area contributed by atoms with Crippen LogP contribution in [0.25, 0.3) is 0 Å². The van der Waals surface area contributed by atoms with E-state index in [1.807, 2.05) is 12.1 Å². The lowest BCUT2D eigenvalue weighted by atomic mass is 10.0. The Balaban J connectivity index is 2.14. The largest absolute Gasteiger partial charge is 0.325 e. The first-order valence-corrected chi connectivity index (χ1v) is 9.05. The van der Waals surface area contributed by atoms with Gasteiger partial charge in [-0.2, -0.15) is 4.31 Å². The standard InChI is InChI=1S/C13H17BrN2O3S/c1-20(18,19)16-8-3-2-7-12(16)13(17)15-11-6-4-5-10(14)9-11/h4-6,9,12H,2-3,7-8H2,1H3,(H,15,17). The molecule has 2 rings (SSSR count). The highest BCUT2D eigenvalue weighted by molar-refractivity contribution is 9.10. The number of rotatable bonds is 3. The molecule has 0 bridgehead atoms. The fourth-order valence-corrected chi connectivity index (χ4v) is 3.88. The highest BCUT2D eigenvalue weighted by Crippen LogP contribution is 2.22. The Bertz CT molecular complexity index is 603. The molecule has 1 heterocycles. The van der Waals surface area contributed by atoms with Crippen LogP contribution < -0.4 is 5.32 Å². The molecule has 0 aromatic heterocycles. The molecule has 5 nitrogen and oxygen atoms in total. The Kier molecular flexibility index (Phi) is 4.82. The number of piperidine rings is 1. The SMILES string of the molecule is CS(=O)(=O)N1CCCCC1C(=O)Nc1cccc(Br)c1. The number of benzene rings is 1. The number of nitrogens with zero attached hydrogens (tertiary/aromatic N) is 1. The van der Waals surface area contributed by atoms with Gasteiger partial charge in [-0.1, -0.05) is 28.4 Å². The summed E-state index contributed by atoms with van der Waals surface area (Å²) in [4.78, 5) is 12.3. The monoisotopic (exact) mass is 360 g/mol. The van der Waals surface area contributed by atoms with Gasteiger partial charge in [-0.05, 0) is 31.0 Å². The van der Waals surface area contributed by atoms with E-state index in [1.54, 1.807) is 12.1 Å². The summed E-state index contributed by atoms with van der Waals surface area (Å²) in [5, 5.41) is 2.78. The molecule has 1 N–H and O–H groups in total. The van der Waals surface area contributed by atoms with Crippen molar-refractivity contribution in [3.63, 3.8) is 0 Å². The quantitative estimate of drug-likeness (QED) is 0.898. The number of anilines is 1. The summed E-state index contributed by atoms with van der Waals surface area (Å²) in [6, 6.07) is 6.62. The number of halogens is 1. The van der Waals surface area contributed by atoms with Gasteiger partial charge in [-0.15, -0.1) is 0 Å². The predicted octanol–water partition coefficient (Wildman–Crippen LogP) is 2.20. The van der Waals surface area contributed by atoms with Gasteiger partial charge < -0.3 is 5.32 Å². The second kappa shape index (κ2) is 6.24. The van der Waals surface area contributed by atoms with Crippen molar-refractivity contribution in [2.45, 2.75) is 25.3 Å². The maximum absolute atomic E-state index is 12.3. The van der Waals surface area contributed by atoms with Crippen molar-refractivity contribution in [2.75, 3.05) is 18.1 Å². The van der Waals surface area contributed by atoms with E-state index in [0.29, 0.717) is 18.7 Å². The van der Waals surface area contributed by atoms with E-state index in [-0.39, 0.29) is 5.91 Å². The van der Waals surface area contributed by atoms with Crippen LogP contribution in [0.4, 0.5) is 5.69 Å². The summed E-state index contributed by atoms with van der Waals surface area (Å²) >= 11 is 3.33. The molecule has 1 fully saturated rings. The Morgan fingerprint density at radius 1 is 1.40 bits per heavy atom. The van der Waals surface area contributed by atoms with Gasteiger partial charge in [0.15, 0.2) is 0 Å². The van der Waals surface area contributed by atoms with Crippen LogP contribution in [0.15, 0.2) is 28.7 Å². The van der Waals surface area contributed by atoms with E-state index in [4.69, 9.17) is 0 Å². The molecule has 1 aromatic rings. The summed E-state index contributed by atoms with van der Waals surface area (Å²) in [7, 11) is -3.36. The van der Waals surface area contributed by atoms with Crippen LogP contribution in [0.5, 0.6) is 0 Å². The molecule has 1 unspecified atom stereocenters. The molecular weight excluding hydrogens is 344 g/mol. The lowest BCUT2D eigenvalue weighted by molar-refractivity contribution is -0.120. The van der Waals surface area contributed by atoms with Crippen LogP contribution in [-0.2, 0) is 14.8 Å². The number of carbonyl (C=O) groups is 1. The van der Waals surface area contributed by atoms with Crippen LogP contribution in [-0.4, -0.2) is 37.5 Å². The van der Waals surface area contributed by atoms with E-state index >= 15 is 0 Å². The third-order valence-electron chi connectivity index (χ3n) is 3.27.